The number of hydrogen-bond acceptors (Lipinski definition) is 3. The van der Waals surface area contributed by atoms with Crippen molar-refractivity contribution in [3.63, 3.8) is 0 Å². The van der Waals surface area contributed by atoms with Crippen molar-refractivity contribution in [3.8, 4) is 5.69 Å². The van der Waals surface area contributed by atoms with Crippen molar-refractivity contribution in [2.75, 3.05) is 7.05 Å². The first kappa shape index (κ1) is 14.8. The molecule has 0 spiro atoms. The number of carbonyl (C=O) groups excluding carboxylic acids is 1. The Morgan fingerprint density at radius 3 is 2.68 bits per heavy atom. The fourth-order valence-corrected chi connectivity index (χ4v) is 3.25. The Hall–Kier alpha value is -2.17. The van der Waals surface area contributed by atoms with Crippen LogP contribution in [0.15, 0.2) is 36.5 Å². The minimum Gasteiger partial charge on any atom is -0.337 e. The van der Waals surface area contributed by atoms with E-state index >= 15 is 0 Å². The van der Waals surface area contributed by atoms with Crippen LogP contribution < -0.4 is 0 Å². The van der Waals surface area contributed by atoms with E-state index in [1.807, 2.05) is 42.3 Å². The number of hydrogen-bond donors (Lipinski definition) is 0. The molecule has 1 aliphatic rings. The van der Waals surface area contributed by atoms with Crippen LogP contribution in [0, 0.1) is 5.92 Å². The molecule has 0 aliphatic heterocycles. The molecule has 1 aromatic heterocycles. The lowest BCUT2D eigenvalue weighted by atomic mass is 9.85. The van der Waals surface area contributed by atoms with Gasteiger partial charge >= 0.3 is 0 Å². The smallest absolute Gasteiger partial charge is 0.276 e. The zero-order chi connectivity index (χ0) is 15.5. The largest absolute Gasteiger partial charge is 0.337 e. The SMILES string of the molecule is CC1CCCCC1N(C)C(=O)c1cnn(-c2ccccc2)n1. The molecule has 1 heterocycles. The first-order valence-electron chi connectivity index (χ1n) is 7.92. The molecular weight excluding hydrogens is 276 g/mol. The molecule has 2 aromatic rings. The maximum Gasteiger partial charge on any atom is 0.276 e. The van der Waals surface area contributed by atoms with Gasteiger partial charge in [0.05, 0.1) is 11.9 Å². The Labute approximate surface area is 130 Å². The van der Waals surface area contributed by atoms with E-state index in [0.717, 1.165) is 12.1 Å². The third-order valence-corrected chi connectivity index (χ3v) is 4.58. The van der Waals surface area contributed by atoms with Crippen LogP contribution in [0.25, 0.3) is 5.69 Å². The number of nitrogens with zero attached hydrogens (tertiary/aromatic N) is 4. The summed E-state index contributed by atoms with van der Waals surface area (Å²) in [6.45, 7) is 2.23. The molecule has 0 radical (unpaired) electrons. The number of aromatic nitrogens is 3. The predicted molar refractivity (Wildman–Crippen MR) is 84.9 cm³/mol. The molecule has 0 saturated heterocycles. The van der Waals surface area contributed by atoms with E-state index in [1.165, 1.54) is 24.1 Å². The van der Waals surface area contributed by atoms with Gasteiger partial charge in [-0.15, -0.1) is 5.10 Å². The molecular formula is C17H22N4O. The van der Waals surface area contributed by atoms with E-state index < -0.39 is 0 Å². The highest BCUT2D eigenvalue weighted by molar-refractivity contribution is 5.92. The van der Waals surface area contributed by atoms with Crippen LogP contribution in [0.4, 0.5) is 0 Å². The van der Waals surface area contributed by atoms with Gasteiger partial charge in [-0.25, -0.2) is 0 Å². The van der Waals surface area contributed by atoms with Gasteiger partial charge in [0.2, 0.25) is 0 Å². The number of para-hydroxylation sites is 1. The van der Waals surface area contributed by atoms with E-state index in [2.05, 4.69) is 17.1 Å². The van der Waals surface area contributed by atoms with Gasteiger partial charge in [0.1, 0.15) is 0 Å². The topological polar surface area (TPSA) is 51.0 Å². The zero-order valence-electron chi connectivity index (χ0n) is 13.1. The van der Waals surface area contributed by atoms with Gasteiger partial charge in [0.25, 0.3) is 5.91 Å². The highest BCUT2D eigenvalue weighted by atomic mass is 16.2. The normalized spacial score (nSPS) is 21.5. The molecule has 2 atom stereocenters. The van der Waals surface area contributed by atoms with Crippen LogP contribution in [0.5, 0.6) is 0 Å². The third-order valence-electron chi connectivity index (χ3n) is 4.58. The Morgan fingerprint density at radius 2 is 1.95 bits per heavy atom. The lowest BCUT2D eigenvalue weighted by molar-refractivity contribution is 0.0622. The highest BCUT2D eigenvalue weighted by Gasteiger charge is 2.29. The van der Waals surface area contributed by atoms with Crippen LogP contribution in [0.2, 0.25) is 0 Å². The molecule has 1 amide bonds. The number of amides is 1. The average Bonchev–Trinajstić information content (AvgIpc) is 3.05. The molecule has 1 saturated carbocycles. The van der Waals surface area contributed by atoms with Gasteiger partial charge in [-0.1, -0.05) is 38.0 Å². The van der Waals surface area contributed by atoms with E-state index in [4.69, 9.17) is 0 Å². The molecule has 2 unspecified atom stereocenters. The standard InChI is InChI=1S/C17H22N4O/c1-13-8-6-7-11-16(13)20(2)17(22)15-12-18-21(19-15)14-9-4-3-5-10-14/h3-5,9-10,12-13,16H,6-8,11H2,1-2H3. The number of benzene rings is 1. The minimum absolute atomic E-state index is 0.0408. The second kappa shape index (κ2) is 6.30. The molecule has 116 valence electrons. The summed E-state index contributed by atoms with van der Waals surface area (Å²) in [5.41, 5.74) is 1.26. The minimum atomic E-state index is -0.0408. The lowest BCUT2D eigenvalue weighted by Gasteiger charge is -2.35. The highest BCUT2D eigenvalue weighted by Crippen LogP contribution is 2.28. The van der Waals surface area contributed by atoms with Crippen molar-refractivity contribution in [1.82, 2.24) is 19.9 Å². The van der Waals surface area contributed by atoms with Crippen LogP contribution in [0.3, 0.4) is 0 Å². The zero-order valence-corrected chi connectivity index (χ0v) is 13.1. The maximum atomic E-state index is 12.6. The van der Waals surface area contributed by atoms with E-state index in [0.29, 0.717) is 17.7 Å². The maximum absolute atomic E-state index is 12.6. The fourth-order valence-electron chi connectivity index (χ4n) is 3.25. The summed E-state index contributed by atoms with van der Waals surface area (Å²) >= 11 is 0. The van der Waals surface area contributed by atoms with Crippen LogP contribution in [-0.2, 0) is 0 Å². The monoisotopic (exact) mass is 298 g/mol. The van der Waals surface area contributed by atoms with Crippen LogP contribution in [0.1, 0.15) is 43.1 Å². The van der Waals surface area contributed by atoms with E-state index in [9.17, 15) is 4.79 Å². The van der Waals surface area contributed by atoms with Crippen molar-refractivity contribution in [3.05, 3.63) is 42.2 Å². The molecule has 22 heavy (non-hydrogen) atoms. The summed E-state index contributed by atoms with van der Waals surface area (Å²) in [5, 5.41) is 8.55. The Kier molecular flexibility index (Phi) is 4.22. The van der Waals surface area contributed by atoms with Crippen molar-refractivity contribution in [2.45, 2.75) is 38.6 Å². The molecule has 5 nitrogen and oxygen atoms in total. The summed E-state index contributed by atoms with van der Waals surface area (Å²) in [4.78, 5) is 16.0. The summed E-state index contributed by atoms with van der Waals surface area (Å²) in [6.07, 6.45) is 6.29. The quantitative estimate of drug-likeness (QED) is 0.875. The van der Waals surface area contributed by atoms with Crippen molar-refractivity contribution in [2.24, 2.45) is 5.92 Å². The molecule has 0 bridgehead atoms. The average molecular weight is 298 g/mol. The van der Waals surface area contributed by atoms with Gasteiger partial charge in [-0.05, 0) is 30.9 Å². The van der Waals surface area contributed by atoms with Crippen molar-refractivity contribution in [1.29, 1.82) is 0 Å². The van der Waals surface area contributed by atoms with Crippen molar-refractivity contribution < 1.29 is 4.79 Å². The Bertz CT molecular complexity index is 637. The van der Waals surface area contributed by atoms with Gasteiger partial charge in [-0.2, -0.15) is 9.90 Å². The number of rotatable bonds is 3. The molecule has 1 aromatic carbocycles. The van der Waals surface area contributed by atoms with E-state index in [1.54, 1.807) is 6.20 Å². The van der Waals surface area contributed by atoms with Crippen molar-refractivity contribution >= 4 is 5.91 Å². The second-order valence-electron chi connectivity index (χ2n) is 6.10. The summed E-state index contributed by atoms with van der Waals surface area (Å²) in [7, 11) is 1.89. The fraction of sp³-hybridized carbons (Fsp3) is 0.471. The first-order valence-corrected chi connectivity index (χ1v) is 7.92. The second-order valence-corrected chi connectivity index (χ2v) is 6.10. The Balaban J connectivity index is 1.76. The summed E-state index contributed by atoms with van der Waals surface area (Å²) in [6, 6.07) is 9.94. The van der Waals surface area contributed by atoms with Gasteiger partial charge < -0.3 is 4.90 Å². The number of carbonyl (C=O) groups is 1. The van der Waals surface area contributed by atoms with Gasteiger partial charge in [0.15, 0.2) is 5.69 Å². The summed E-state index contributed by atoms with van der Waals surface area (Å²) < 4.78 is 0. The first-order chi connectivity index (χ1) is 10.7. The van der Waals surface area contributed by atoms with Gasteiger partial charge in [-0.3, -0.25) is 4.79 Å². The molecule has 3 rings (SSSR count). The lowest BCUT2D eigenvalue weighted by Crippen LogP contribution is -2.42. The molecule has 0 N–H and O–H groups in total. The molecule has 1 fully saturated rings. The predicted octanol–water partition coefficient (Wildman–Crippen LogP) is 2.92. The molecule has 5 heteroatoms. The Morgan fingerprint density at radius 1 is 1.23 bits per heavy atom. The van der Waals surface area contributed by atoms with Crippen LogP contribution >= 0.6 is 0 Å². The van der Waals surface area contributed by atoms with E-state index in [-0.39, 0.29) is 5.91 Å². The molecule has 1 aliphatic carbocycles. The van der Waals surface area contributed by atoms with Gasteiger partial charge in [0, 0.05) is 13.1 Å². The van der Waals surface area contributed by atoms with Crippen LogP contribution in [-0.4, -0.2) is 38.9 Å². The summed E-state index contributed by atoms with van der Waals surface area (Å²) in [5.74, 6) is 0.507. The third kappa shape index (κ3) is 2.89.